The summed E-state index contributed by atoms with van der Waals surface area (Å²) in [5.74, 6) is 1.59. The highest BCUT2D eigenvalue weighted by atomic mass is 32.1. The summed E-state index contributed by atoms with van der Waals surface area (Å²) in [4.78, 5) is 16.8. The monoisotopic (exact) mass is 413 g/mol. The van der Waals surface area contributed by atoms with E-state index < -0.39 is 0 Å². The van der Waals surface area contributed by atoms with E-state index >= 15 is 0 Å². The highest BCUT2D eigenvalue weighted by molar-refractivity contribution is 7.10. The molecule has 0 spiro atoms. The lowest BCUT2D eigenvalue weighted by Gasteiger charge is -2.31. The van der Waals surface area contributed by atoms with Gasteiger partial charge in [-0.2, -0.15) is 0 Å². The number of fused-ring (bicyclic) bond motifs is 2. The van der Waals surface area contributed by atoms with Crippen LogP contribution in [0.4, 0.5) is 0 Å². The summed E-state index contributed by atoms with van der Waals surface area (Å²) < 4.78 is 10.7. The number of amides is 1. The summed E-state index contributed by atoms with van der Waals surface area (Å²) in [6.07, 6.45) is 1.04. The zero-order valence-corrected chi connectivity index (χ0v) is 16.9. The molecule has 28 heavy (non-hydrogen) atoms. The maximum absolute atomic E-state index is 12.7. The molecular formula is C21H21N2O3S2+. The molecule has 0 radical (unpaired) electrons. The van der Waals surface area contributed by atoms with Crippen molar-refractivity contribution in [3.05, 3.63) is 68.0 Å². The average Bonchev–Trinajstić information content (AvgIpc) is 3.46. The highest BCUT2D eigenvalue weighted by Crippen LogP contribution is 2.33. The molecule has 0 aliphatic carbocycles. The Morgan fingerprint density at radius 1 is 1.14 bits per heavy atom. The Hall–Kier alpha value is -2.35. The lowest BCUT2D eigenvalue weighted by atomic mass is 9.98. The van der Waals surface area contributed by atoms with Gasteiger partial charge in [-0.3, -0.25) is 4.79 Å². The zero-order chi connectivity index (χ0) is 18.9. The standard InChI is InChI=1S/C21H20N2O3S2/c24-20(22-11-14-3-4-16-17(10-14)26-13-25-16)12-23-7-5-18-15(6-9-28-18)21(23)19-2-1-8-27-19/h1-4,6,8-10,21H,5,7,11-13H2,(H,22,24)/p+1/t21-/m1/s1. The number of hydrogen-bond acceptors (Lipinski definition) is 5. The van der Waals surface area contributed by atoms with Crippen molar-refractivity contribution in [1.29, 1.82) is 0 Å². The molecule has 2 N–H and O–H groups in total. The molecule has 1 unspecified atom stereocenters. The molecule has 0 bridgehead atoms. The van der Waals surface area contributed by atoms with E-state index in [9.17, 15) is 4.79 Å². The Bertz CT molecular complexity index is 983. The molecule has 5 nitrogen and oxygen atoms in total. The first-order valence-electron chi connectivity index (χ1n) is 9.37. The quantitative estimate of drug-likeness (QED) is 0.675. The van der Waals surface area contributed by atoms with Gasteiger partial charge in [-0.1, -0.05) is 12.1 Å². The minimum Gasteiger partial charge on any atom is -0.454 e. The second kappa shape index (κ2) is 7.58. The van der Waals surface area contributed by atoms with Crippen LogP contribution in [0.2, 0.25) is 0 Å². The average molecular weight is 414 g/mol. The fourth-order valence-electron chi connectivity index (χ4n) is 3.97. The van der Waals surface area contributed by atoms with E-state index in [1.54, 1.807) is 11.3 Å². The van der Waals surface area contributed by atoms with Gasteiger partial charge in [-0.25, -0.2) is 0 Å². The van der Waals surface area contributed by atoms with Gasteiger partial charge in [0.05, 0.1) is 11.4 Å². The number of quaternary nitrogens is 1. The molecule has 0 saturated heterocycles. The fraction of sp³-hybridized carbons (Fsp3) is 0.286. The van der Waals surface area contributed by atoms with Crippen LogP contribution in [0.25, 0.3) is 0 Å². The Balaban J connectivity index is 1.26. The van der Waals surface area contributed by atoms with Gasteiger partial charge in [0.2, 0.25) is 6.79 Å². The van der Waals surface area contributed by atoms with E-state index in [1.165, 1.54) is 20.2 Å². The molecule has 2 aromatic heterocycles. The summed E-state index contributed by atoms with van der Waals surface area (Å²) >= 11 is 3.61. The summed E-state index contributed by atoms with van der Waals surface area (Å²) in [6, 6.07) is 12.6. The van der Waals surface area contributed by atoms with Crippen molar-refractivity contribution in [1.82, 2.24) is 5.32 Å². The van der Waals surface area contributed by atoms with Crippen LogP contribution in [0.3, 0.4) is 0 Å². The number of hydrogen-bond donors (Lipinski definition) is 2. The van der Waals surface area contributed by atoms with Gasteiger partial charge in [0.15, 0.2) is 18.0 Å². The van der Waals surface area contributed by atoms with E-state index in [1.807, 2.05) is 29.5 Å². The molecule has 0 saturated carbocycles. The molecule has 2 atom stereocenters. The number of rotatable bonds is 5. The molecule has 1 amide bonds. The van der Waals surface area contributed by atoms with E-state index in [0.29, 0.717) is 13.1 Å². The molecular weight excluding hydrogens is 392 g/mol. The van der Waals surface area contributed by atoms with Crippen molar-refractivity contribution in [3.63, 3.8) is 0 Å². The number of benzene rings is 1. The van der Waals surface area contributed by atoms with Crippen LogP contribution >= 0.6 is 22.7 Å². The van der Waals surface area contributed by atoms with Gasteiger partial charge in [0.1, 0.15) is 6.04 Å². The van der Waals surface area contributed by atoms with Crippen molar-refractivity contribution in [2.24, 2.45) is 0 Å². The van der Waals surface area contributed by atoms with E-state index in [4.69, 9.17) is 9.47 Å². The van der Waals surface area contributed by atoms with E-state index in [0.717, 1.165) is 30.0 Å². The molecule has 144 valence electrons. The predicted molar refractivity (Wildman–Crippen MR) is 109 cm³/mol. The van der Waals surface area contributed by atoms with Crippen molar-refractivity contribution in [3.8, 4) is 11.5 Å². The molecule has 7 heteroatoms. The minimum absolute atomic E-state index is 0.0768. The molecule has 1 aromatic carbocycles. The Morgan fingerprint density at radius 2 is 2.07 bits per heavy atom. The second-order valence-electron chi connectivity index (χ2n) is 7.05. The summed E-state index contributed by atoms with van der Waals surface area (Å²) in [7, 11) is 0. The second-order valence-corrected chi connectivity index (χ2v) is 9.03. The number of carbonyl (C=O) groups is 1. The van der Waals surface area contributed by atoms with Crippen LogP contribution < -0.4 is 19.7 Å². The predicted octanol–water partition coefficient (Wildman–Crippen LogP) is 2.39. The van der Waals surface area contributed by atoms with Crippen LogP contribution in [-0.2, 0) is 17.8 Å². The smallest absolute Gasteiger partial charge is 0.275 e. The normalized spacial score (nSPS) is 20.0. The Labute approximate surface area is 171 Å². The topological polar surface area (TPSA) is 52.0 Å². The molecule has 0 fully saturated rings. The van der Waals surface area contributed by atoms with E-state index in [2.05, 4.69) is 34.3 Å². The van der Waals surface area contributed by atoms with Crippen molar-refractivity contribution < 1.29 is 19.2 Å². The van der Waals surface area contributed by atoms with Crippen molar-refractivity contribution in [2.75, 3.05) is 19.9 Å². The molecule has 4 heterocycles. The largest absolute Gasteiger partial charge is 0.454 e. The SMILES string of the molecule is O=C(C[NH+]1CCc2sccc2[C@@H]1c1cccs1)NCc1ccc2c(c1)OCO2. The third kappa shape index (κ3) is 3.41. The van der Waals surface area contributed by atoms with Crippen molar-refractivity contribution >= 4 is 28.6 Å². The maximum Gasteiger partial charge on any atom is 0.275 e. The number of ether oxygens (including phenoxy) is 2. The van der Waals surface area contributed by atoms with Gasteiger partial charge in [0.25, 0.3) is 5.91 Å². The number of thiophene rings is 2. The van der Waals surface area contributed by atoms with Crippen LogP contribution in [0.1, 0.15) is 26.9 Å². The summed E-state index contributed by atoms with van der Waals surface area (Å²) in [5.41, 5.74) is 2.40. The third-order valence-corrected chi connectivity index (χ3v) is 7.25. The minimum atomic E-state index is 0.0768. The van der Waals surface area contributed by atoms with Crippen LogP contribution in [-0.4, -0.2) is 25.8 Å². The van der Waals surface area contributed by atoms with Crippen LogP contribution in [0, 0.1) is 0 Å². The van der Waals surface area contributed by atoms with Gasteiger partial charge < -0.3 is 19.7 Å². The maximum atomic E-state index is 12.7. The number of nitrogens with one attached hydrogen (secondary N) is 2. The van der Waals surface area contributed by atoms with Crippen molar-refractivity contribution in [2.45, 2.75) is 19.0 Å². The first-order chi connectivity index (χ1) is 13.8. The van der Waals surface area contributed by atoms with Crippen LogP contribution in [0.5, 0.6) is 11.5 Å². The first kappa shape index (κ1) is 17.7. The molecule has 2 aliphatic heterocycles. The first-order valence-corrected chi connectivity index (χ1v) is 11.1. The van der Waals surface area contributed by atoms with Gasteiger partial charge in [0, 0.05) is 23.4 Å². The Morgan fingerprint density at radius 3 is 2.96 bits per heavy atom. The summed E-state index contributed by atoms with van der Waals surface area (Å²) in [5, 5.41) is 7.36. The molecule has 2 aliphatic rings. The summed E-state index contributed by atoms with van der Waals surface area (Å²) in [6.45, 7) is 2.21. The van der Waals surface area contributed by atoms with Crippen LogP contribution in [0.15, 0.2) is 47.2 Å². The molecule has 3 aromatic rings. The molecule has 5 rings (SSSR count). The highest BCUT2D eigenvalue weighted by Gasteiger charge is 2.35. The lowest BCUT2D eigenvalue weighted by Crippen LogP contribution is -3.14. The van der Waals surface area contributed by atoms with Gasteiger partial charge in [-0.15, -0.1) is 22.7 Å². The van der Waals surface area contributed by atoms with Gasteiger partial charge in [-0.05, 0) is 40.6 Å². The third-order valence-electron chi connectivity index (χ3n) is 5.31. The number of carbonyl (C=O) groups excluding carboxylic acids is 1. The van der Waals surface area contributed by atoms with Gasteiger partial charge >= 0.3 is 0 Å². The lowest BCUT2D eigenvalue weighted by molar-refractivity contribution is -0.919. The fourth-order valence-corrected chi connectivity index (χ4v) is 5.79. The Kier molecular flexibility index (Phi) is 4.80. The van der Waals surface area contributed by atoms with E-state index in [-0.39, 0.29) is 18.7 Å². The zero-order valence-electron chi connectivity index (χ0n) is 15.3.